The molecule has 1 heterocycles. The Morgan fingerprint density at radius 2 is 1.96 bits per heavy atom. The highest BCUT2D eigenvalue weighted by Crippen LogP contribution is 2.14. The van der Waals surface area contributed by atoms with Crippen LogP contribution >= 0.6 is 0 Å². The van der Waals surface area contributed by atoms with E-state index < -0.39 is 6.43 Å². The van der Waals surface area contributed by atoms with Crippen LogP contribution in [0.2, 0.25) is 0 Å². The van der Waals surface area contributed by atoms with Crippen LogP contribution in [0.4, 0.5) is 13.6 Å². The summed E-state index contributed by atoms with van der Waals surface area (Å²) in [6, 6.07) is 7.47. The molecule has 2 amide bonds. The largest absolute Gasteiger partial charge is 0.497 e. The molecule has 134 valence electrons. The second kappa shape index (κ2) is 8.82. The summed E-state index contributed by atoms with van der Waals surface area (Å²) in [7, 11) is 3.35. The Morgan fingerprint density at radius 1 is 1.33 bits per heavy atom. The number of nitrogens with one attached hydrogen (secondary N) is 1. The van der Waals surface area contributed by atoms with Gasteiger partial charge in [0, 0.05) is 32.7 Å². The van der Waals surface area contributed by atoms with E-state index in [9.17, 15) is 13.6 Å². The zero-order valence-corrected chi connectivity index (χ0v) is 14.2. The average molecular weight is 341 g/mol. The van der Waals surface area contributed by atoms with E-state index in [2.05, 4.69) is 5.32 Å². The van der Waals surface area contributed by atoms with Crippen molar-refractivity contribution in [3.05, 3.63) is 29.8 Å². The minimum absolute atomic E-state index is 0.0461. The summed E-state index contributed by atoms with van der Waals surface area (Å²) in [5, 5.41) is 2.98. The number of carbonyl (C=O) groups is 1. The van der Waals surface area contributed by atoms with Crippen LogP contribution in [0.5, 0.6) is 5.75 Å². The lowest BCUT2D eigenvalue weighted by Crippen LogP contribution is -2.48. The van der Waals surface area contributed by atoms with Crippen molar-refractivity contribution in [2.24, 2.45) is 0 Å². The maximum atomic E-state index is 12.4. The molecule has 7 heteroatoms. The topological polar surface area (TPSA) is 44.8 Å². The third-order valence-electron chi connectivity index (χ3n) is 4.24. The van der Waals surface area contributed by atoms with E-state index in [1.165, 1.54) is 0 Å². The summed E-state index contributed by atoms with van der Waals surface area (Å²) in [5.41, 5.74) is 1.01. The van der Waals surface area contributed by atoms with E-state index in [0.717, 1.165) is 11.3 Å². The summed E-state index contributed by atoms with van der Waals surface area (Å²) in [4.78, 5) is 15.6. The number of hydrogen-bond donors (Lipinski definition) is 1. The minimum Gasteiger partial charge on any atom is -0.497 e. The van der Waals surface area contributed by atoms with Crippen molar-refractivity contribution in [3.63, 3.8) is 0 Å². The maximum Gasteiger partial charge on any atom is 0.317 e. The molecule has 1 aromatic carbocycles. The molecule has 24 heavy (non-hydrogen) atoms. The summed E-state index contributed by atoms with van der Waals surface area (Å²) < 4.78 is 29.8. The van der Waals surface area contributed by atoms with E-state index in [1.807, 2.05) is 24.3 Å². The first-order valence-corrected chi connectivity index (χ1v) is 8.13. The number of hydrogen-bond acceptors (Lipinski definition) is 3. The van der Waals surface area contributed by atoms with E-state index >= 15 is 0 Å². The highest BCUT2D eigenvalue weighted by molar-refractivity contribution is 5.74. The molecule has 0 radical (unpaired) electrons. The number of piperidine rings is 1. The minimum atomic E-state index is -2.30. The van der Waals surface area contributed by atoms with Gasteiger partial charge in [-0.2, -0.15) is 0 Å². The van der Waals surface area contributed by atoms with Gasteiger partial charge in [0.05, 0.1) is 13.7 Å². The van der Waals surface area contributed by atoms with Gasteiger partial charge in [0.15, 0.2) is 0 Å². The van der Waals surface area contributed by atoms with E-state index in [-0.39, 0.29) is 18.6 Å². The van der Waals surface area contributed by atoms with E-state index in [1.54, 1.807) is 24.0 Å². The number of methoxy groups -OCH3 is 1. The lowest BCUT2D eigenvalue weighted by Gasteiger charge is -2.33. The van der Waals surface area contributed by atoms with Crippen LogP contribution in [0.1, 0.15) is 18.4 Å². The maximum absolute atomic E-state index is 12.4. The molecule has 1 N–H and O–H groups in total. The second-order valence-electron chi connectivity index (χ2n) is 6.12. The molecule has 0 saturated carbocycles. The number of ether oxygens (including phenoxy) is 1. The van der Waals surface area contributed by atoms with Gasteiger partial charge < -0.3 is 15.0 Å². The van der Waals surface area contributed by atoms with Crippen LogP contribution in [0, 0.1) is 0 Å². The third-order valence-corrected chi connectivity index (χ3v) is 4.24. The van der Waals surface area contributed by atoms with Gasteiger partial charge >= 0.3 is 6.03 Å². The molecule has 0 spiro atoms. The molecule has 2 rings (SSSR count). The monoisotopic (exact) mass is 341 g/mol. The predicted molar refractivity (Wildman–Crippen MR) is 88.5 cm³/mol. The molecule has 1 fully saturated rings. The Morgan fingerprint density at radius 3 is 2.50 bits per heavy atom. The van der Waals surface area contributed by atoms with Crippen molar-refractivity contribution in [1.82, 2.24) is 15.1 Å². The Bertz CT molecular complexity index is 517. The van der Waals surface area contributed by atoms with Crippen molar-refractivity contribution in [1.29, 1.82) is 0 Å². The van der Waals surface area contributed by atoms with Crippen LogP contribution in [-0.2, 0) is 6.54 Å². The van der Waals surface area contributed by atoms with Crippen molar-refractivity contribution in [2.45, 2.75) is 31.9 Å². The van der Waals surface area contributed by atoms with Crippen molar-refractivity contribution in [3.8, 4) is 5.75 Å². The van der Waals surface area contributed by atoms with Crippen molar-refractivity contribution < 1.29 is 18.3 Å². The number of benzene rings is 1. The number of amides is 2. The summed E-state index contributed by atoms with van der Waals surface area (Å²) >= 11 is 0. The number of alkyl halides is 2. The highest BCUT2D eigenvalue weighted by atomic mass is 19.3. The molecule has 1 aliphatic rings. The molecule has 0 aromatic heterocycles. The zero-order chi connectivity index (χ0) is 17.5. The standard InChI is InChI=1S/C17H25F2N3O2/c1-21(11-13-3-5-15(24-2)6-4-13)17(23)20-14-7-9-22(10-8-14)12-16(18)19/h3-6,14,16H,7-12H2,1-2H3,(H,20,23). The van der Waals surface area contributed by atoms with E-state index in [0.29, 0.717) is 32.5 Å². The molecular weight excluding hydrogens is 316 g/mol. The number of urea groups is 1. The number of rotatable bonds is 6. The molecule has 5 nitrogen and oxygen atoms in total. The zero-order valence-electron chi connectivity index (χ0n) is 14.2. The SMILES string of the molecule is COc1ccc(CN(C)C(=O)NC2CCN(CC(F)F)CC2)cc1. The molecule has 0 atom stereocenters. The fourth-order valence-corrected chi connectivity index (χ4v) is 2.82. The Kier molecular flexibility index (Phi) is 6.78. The van der Waals surface area contributed by atoms with Crippen molar-refractivity contribution in [2.75, 3.05) is 33.8 Å². The normalized spacial score (nSPS) is 16.2. The first-order chi connectivity index (χ1) is 11.5. The van der Waals surface area contributed by atoms with Crippen LogP contribution in [0.3, 0.4) is 0 Å². The first-order valence-electron chi connectivity index (χ1n) is 8.13. The van der Waals surface area contributed by atoms with Crippen molar-refractivity contribution >= 4 is 6.03 Å². The molecule has 1 saturated heterocycles. The van der Waals surface area contributed by atoms with Crippen LogP contribution in [0.25, 0.3) is 0 Å². The average Bonchev–Trinajstić information content (AvgIpc) is 2.56. The van der Waals surface area contributed by atoms with Crippen LogP contribution in [0.15, 0.2) is 24.3 Å². The molecular formula is C17H25F2N3O2. The first kappa shape index (κ1) is 18.4. The van der Waals surface area contributed by atoms with Gasteiger partial charge in [-0.05, 0) is 30.5 Å². The number of nitrogens with zero attached hydrogens (tertiary/aromatic N) is 2. The number of likely N-dealkylation sites (tertiary alicyclic amines) is 1. The van der Waals surface area contributed by atoms with Crippen LogP contribution in [-0.4, -0.2) is 62.1 Å². The summed E-state index contributed by atoms with van der Waals surface area (Å²) in [5.74, 6) is 0.779. The van der Waals surface area contributed by atoms with E-state index in [4.69, 9.17) is 4.74 Å². The highest BCUT2D eigenvalue weighted by Gasteiger charge is 2.23. The lowest BCUT2D eigenvalue weighted by atomic mass is 10.1. The quantitative estimate of drug-likeness (QED) is 0.865. The Hall–Kier alpha value is -1.89. The third kappa shape index (κ3) is 5.63. The fourth-order valence-electron chi connectivity index (χ4n) is 2.82. The summed E-state index contributed by atoms with van der Waals surface area (Å²) in [6.45, 7) is 1.51. The fraction of sp³-hybridized carbons (Fsp3) is 0.588. The number of halogens is 2. The summed E-state index contributed by atoms with van der Waals surface area (Å²) in [6.07, 6.45) is -0.893. The van der Waals surface area contributed by atoms with Gasteiger partial charge in [-0.3, -0.25) is 4.90 Å². The molecule has 1 aromatic rings. The smallest absolute Gasteiger partial charge is 0.317 e. The van der Waals surface area contributed by atoms with Gasteiger partial charge in [-0.25, -0.2) is 13.6 Å². The predicted octanol–water partition coefficient (Wildman–Crippen LogP) is 2.57. The molecule has 0 unspecified atom stereocenters. The Balaban J connectivity index is 1.75. The Labute approximate surface area is 141 Å². The molecule has 1 aliphatic heterocycles. The molecule has 0 aliphatic carbocycles. The van der Waals surface area contributed by atoms with Gasteiger partial charge in [0.1, 0.15) is 5.75 Å². The molecule has 0 bridgehead atoms. The van der Waals surface area contributed by atoms with Gasteiger partial charge in [0.25, 0.3) is 6.43 Å². The second-order valence-corrected chi connectivity index (χ2v) is 6.12. The van der Waals surface area contributed by atoms with Gasteiger partial charge in [0.2, 0.25) is 0 Å². The van der Waals surface area contributed by atoms with Crippen LogP contribution < -0.4 is 10.1 Å². The van der Waals surface area contributed by atoms with Gasteiger partial charge in [-0.1, -0.05) is 12.1 Å². The van der Waals surface area contributed by atoms with Gasteiger partial charge in [-0.15, -0.1) is 0 Å². The lowest BCUT2D eigenvalue weighted by molar-refractivity contribution is 0.0731. The number of carbonyl (C=O) groups excluding carboxylic acids is 1.